The number of ether oxygens (including phenoxy) is 2. The number of benzene rings is 1. The summed E-state index contributed by atoms with van der Waals surface area (Å²) in [5.74, 6) is 0.782. The maximum Gasteiger partial charge on any atom is 0.159 e. The van der Waals surface area contributed by atoms with Gasteiger partial charge in [-0.15, -0.1) is 0 Å². The molecule has 0 aliphatic carbocycles. The third-order valence-corrected chi connectivity index (χ3v) is 1.85. The Morgan fingerprint density at radius 2 is 1.94 bits per heavy atom. The van der Waals surface area contributed by atoms with Crippen LogP contribution in [0.2, 0.25) is 0 Å². The highest BCUT2D eigenvalue weighted by atomic mass is 16.5. The second kappa shape index (κ2) is 7.51. The molecule has 0 aliphatic rings. The normalized spacial score (nSPS) is 8.81. The van der Waals surface area contributed by atoms with Gasteiger partial charge in [-0.25, -0.2) is 0 Å². The van der Waals surface area contributed by atoms with Gasteiger partial charge in [0.05, 0.1) is 6.26 Å². The standard InChI is InChI=1S/C12H14O3.CH4/c1-3-14-8-9-15-12-6-4-11(5-7-12)10(2)13;/h3-7H,1,8-9H2,2H3;1H4. The highest BCUT2D eigenvalue weighted by Crippen LogP contribution is 2.12. The Kier molecular flexibility index (Phi) is 6.68. The minimum Gasteiger partial charge on any atom is -0.498 e. The summed E-state index contributed by atoms with van der Waals surface area (Å²) in [7, 11) is 0. The lowest BCUT2D eigenvalue weighted by Crippen LogP contribution is -2.03. The van der Waals surface area contributed by atoms with E-state index in [9.17, 15) is 4.79 Å². The maximum atomic E-state index is 11.0. The molecule has 0 saturated carbocycles. The summed E-state index contributed by atoms with van der Waals surface area (Å²) in [5.41, 5.74) is 0.685. The van der Waals surface area contributed by atoms with Gasteiger partial charge in [0.25, 0.3) is 0 Å². The van der Waals surface area contributed by atoms with Crippen LogP contribution in [0.3, 0.4) is 0 Å². The molecular formula is C13H18O3. The van der Waals surface area contributed by atoms with Gasteiger partial charge >= 0.3 is 0 Å². The van der Waals surface area contributed by atoms with Gasteiger partial charge in [0.15, 0.2) is 5.78 Å². The van der Waals surface area contributed by atoms with Crippen LogP contribution in [0.5, 0.6) is 5.75 Å². The lowest BCUT2D eigenvalue weighted by Gasteiger charge is -2.05. The van der Waals surface area contributed by atoms with Crippen molar-refractivity contribution in [1.82, 2.24) is 0 Å². The molecule has 1 aromatic rings. The Bertz CT molecular complexity index is 328. The molecule has 0 radical (unpaired) electrons. The van der Waals surface area contributed by atoms with Gasteiger partial charge in [-0.2, -0.15) is 0 Å². The van der Waals surface area contributed by atoms with Crippen LogP contribution >= 0.6 is 0 Å². The fraction of sp³-hybridized carbons (Fsp3) is 0.308. The third-order valence-electron chi connectivity index (χ3n) is 1.85. The average molecular weight is 222 g/mol. The number of hydrogen-bond donors (Lipinski definition) is 0. The van der Waals surface area contributed by atoms with Gasteiger partial charge < -0.3 is 9.47 Å². The fourth-order valence-corrected chi connectivity index (χ4v) is 1.08. The molecule has 1 aromatic carbocycles. The number of ketones is 1. The minimum absolute atomic E-state index is 0. The molecular weight excluding hydrogens is 204 g/mol. The summed E-state index contributed by atoms with van der Waals surface area (Å²) in [4.78, 5) is 11.0. The molecule has 0 aliphatic heterocycles. The molecule has 88 valence electrons. The van der Waals surface area contributed by atoms with Gasteiger partial charge in [-0.3, -0.25) is 4.79 Å². The van der Waals surface area contributed by atoms with Crippen molar-refractivity contribution in [2.24, 2.45) is 0 Å². The predicted molar refractivity (Wildman–Crippen MR) is 64.8 cm³/mol. The molecule has 16 heavy (non-hydrogen) atoms. The summed E-state index contributed by atoms with van der Waals surface area (Å²) in [6, 6.07) is 7.02. The van der Waals surface area contributed by atoms with Gasteiger partial charge in [0, 0.05) is 5.56 Å². The van der Waals surface area contributed by atoms with Crippen LogP contribution in [0.25, 0.3) is 0 Å². The fourth-order valence-electron chi connectivity index (χ4n) is 1.08. The Morgan fingerprint density at radius 1 is 1.31 bits per heavy atom. The Labute approximate surface area is 96.7 Å². The third kappa shape index (κ3) is 4.64. The van der Waals surface area contributed by atoms with Crippen LogP contribution in [-0.2, 0) is 4.74 Å². The summed E-state index contributed by atoms with van der Waals surface area (Å²) in [6.45, 7) is 5.89. The van der Waals surface area contributed by atoms with E-state index < -0.39 is 0 Å². The van der Waals surface area contributed by atoms with E-state index in [2.05, 4.69) is 6.58 Å². The molecule has 0 aromatic heterocycles. The Balaban J connectivity index is 0.00000225. The topological polar surface area (TPSA) is 35.5 Å². The Morgan fingerprint density at radius 3 is 2.44 bits per heavy atom. The van der Waals surface area contributed by atoms with Crippen molar-refractivity contribution in [3.8, 4) is 5.75 Å². The van der Waals surface area contributed by atoms with Crippen molar-refractivity contribution >= 4 is 5.78 Å². The number of rotatable bonds is 6. The minimum atomic E-state index is 0. The van der Waals surface area contributed by atoms with E-state index in [0.717, 1.165) is 5.75 Å². The average Bonchev–Trinajstić information content (AvgIpc) is 2.25. The molecule has 3 heteroatoms. The molecule has 0 amide bonds. The molecule has 0 spiro atoms. The van der Waals surface area contributed by atoms with Crippen molar-refractivity contribution in [3.05, 3.63) is 42.7 Å². The largest absolute Gasteiger partial charge is 0.498 e. The highest BCUT2D eigenvalue weighted by molar-refractivity contribution is 5.94. The zero-order valence-electron chi connectivity index (χ0n) is 8.73. The summed E-state index contributed by atoms with van der Waals surface area (Å²) in [5, 5.41) is 0. The summed E-state index contributed by atoms with van der Waals surface area (Å²) >= 11 is 0. The van der Waals surface area contributed by atoms with Gasteiger partial charge in [0.1, 0.15) is 19.0 Å². The number of carbonyl (C=O) groups excluding carboxylic acids is 1. The van der Waals surface area contributed by atoms with Gasteiger partial charge in [0.2, 0.25) is 0 Å². The van der Waals surface area contributed by atoms with E-state index in [0.29, 0.717) is 18.8 Å². The van der Waals surface area contributed by atoms with Crippen LogP contribution in [0.4, 0.5) is 0 Å². The van der Waals surface area contributed by atoms with Crippen molar-refractivity contribution < 1.29 is 14.3 Å². The SMILES string of the molecule is C.C=COCCOc1ccc(C(C)=O)cc1. The van der Waals surface area contributed by atoms with Crippen molar-refractivity contribution in [3.63, 3.8) is 0 Å². The second-order valence-electron chi connectivity index (χ2n) is 2.97. The maximum absolute atomic E-state index is 11.0. The first-order chi connectivity index (χ1) is 7.24. The van der Waals surface area contributed by atoms with Crippen LogP contribution in [0, 0.1) is 0 Å². The number of hydrogen-bond acceptors (Lipinski definition) is 3. The summed E-state index contributed by atoms with van der Waals surface area (Å²) < 4.78 is 10.3. The lowest BCUT2D eigenvalue weighted by molar-refractivity contribution is 0.101. The van der Waals surface area contributed by atoms with Crippen LogP contribution < -0.4 is 4.74 Å². The second-order valence-corrected chi connectivity index (χ2v) is 2.97. The molecule has 1 rings (SSSR count). The van der Waals surface area contributed by atoms with Crippen LogP contribution in [0.15, 0.2) is 37.1 Å². The van der Waals surface area contributed by atoms with Crippen LogP contribution in [0.1, 0.15) is 24.7 Å². The summed E-state index contributed by atoms with van der Waals surface area (Å²) in [6.07, 6.45) is 1.38. The number of carbonyl (C=O) groups is 1. The first kappa shape index (κ1) is 14.2. The van der Waals surface area contributed by atoms with E-state index in [1.54, 1.807) is 24.3 Å². The van der Waals surface area contributed by atoms with Crippen LogP contribution in [-0.4, -0.2) is 19.0 Å². The molecule has 0 N–H and O–H groups in total. The highest BCUT2D eigenvalue weighted by Gasteiger charge is 1.98. The monoisotopic (exact) mass is 222 g/mol. The van der Waals surface area contributed by atoms with E-state index >= 15 is 0 Å². The van der Waals surface area contributed by atoms with E-state index in [1.165, 1.54) is 13.2 Å². The zero-order valence-corrected chi connectivity index (χ0v) is 8.73. The first-order valence-corrected chi connectivity index (χ1v) is 4.70. The van der Waals surface area contributed by atoms with Crippen molar-refractivity contribution in [1.29, 1.82) is 0 Å². The molecule has 0 saturated heterocycles. The molecule has 0 fully saturated rings. The zero-order chi connectivity index (χ0) is 11.1. The molecule has 3 nitrogen and oxygen atoms in total. The van der Waals surface area contributed by atoms with E-state index in [4.69, 9.17) is 9.47 Å². The quantitative estimate of drug-likeness (QED) is 0.421. The molecule has 0 heterocycles. The van der Waals surface area contributed by atoms with Crippen molar-refractivity contribution in [2.75, 3.05) is 13.2 Å². The Hall–Kier alpha value is -1.77. The van der Waals surface area contributed by atoms with Crippen molar-refractivity contribution in [2.45, 2.75) is 14.4 Å². The molecule has 0 unspecified atom stereocenters. The lowest BCUT2D eigenvalue weighted by atomic mass is 10.1. The number of Topliss-reactive ketones (excluding diaryl/α,β-unsaturated/α-hetero) is 1. The smallest absolute Gasteiger partial charge is 0.159 e. The molecule has 0 atom stereocenters. The van der Waals surface area contributed by atoms with Gasteiger partial charge in [-0.05, 0) is 31.2 Å². The predicted octanol–water partition coefficient (Wildman–Crippen LogP) is 3.06. The first-order valence-electron chi connectivity index (χ1n) is 4.70. The van der Waals surface area contributed by atoms with Gasteiger partial charge in [-0.1, -0.05) is 14.0 Å². The van der Waals surface area contributed by atoms with E-state index in [-0.39, 0.29) is 13.2 Å². The van der Waals surface area contributed by atoms with E-state index in [1.807, 2.05) is 0 Å². The molecule has 0 bridgehead atoms.